The maximum Gasteiger partial charge on any atom is 0.146 e. The van der Waals surface area contributed by atoms with Crippen molar-refractivity contribution < 1.29 is 9.53 Å². The van der Waals surface area contributed by atoms with Gasteiger partial charge in [-0.2, -0.15) is 0 Å². The summed E-state index contributed by atoms with van der Waals surface area (Å²) in [7, 11) is 0. The Morgan fingerprint density at radius 1 is 1.33 bits per heavy atom. The SMILES string of the molecule is CC1=C(C2OCCc3ccccc32)C=C(C=O)C1. The van der Waals surface area contributed by atoms with Gasteiger partial charge in [0.1, 0.15) is 12.4 Å². The van der Waals surface area contributed by atoms with E-state index >= 15 is 0 Å². The van der Waals surface area contributed by atoms with Gasteiger partial charge >= 0.3 is 0 Å². The maximum absolute atomic E-state index is 10.9. The van der Waals surface area contributed by atoms with Crippen molar-refractivity contribution in [3.05, 3.63) is 58.2 Å². The number of hydrogen-bond acceptors (Lipinski definition) is 2. The Kier molecular flexibility index (Phi) is 2.88. The van der Waals surface area contributed by atoms with Crippen LogP contribution in [0.4, 0.5) is 0 Å². The summed E-state index contributed by atoms with van der Waals surface area (Å²) in [4.78, 5) is 10.9. The van der Waals surface area contributed by atoms with Crippen LogP contribution in [-0.2, 0) is 16.0 Å². The van der Waals surface area contributed by atoms with Crippen LogP contribution in [0.1, 0.15) is 30.6 Å². The molecule has 2 heteroatoms. The van der Waals surface area contributed by atoms with E-state index in [9.17, 15) is 4.79 Å². The summed E-state index contributed by atoms with van der Waals surface area (Å²) in [6.07, 6.45) is 4.69. The lowest BCUT2D eigenvalue weighted by Gasteiger charge is -2.27. The van der Waals surface area contributed by atoms with E-state index in [-0.39, 0.29) is 6.10 Å². The summed E-state index contributed by atoms with van der Waals surface area (Å²) in [6, 6.07) is 8.42. The van der Waals surface area contributed by atoms with Crippen LogP contribution >= 0.6 is 0 Å². The second kappa shape index (κ2) is 4.54. The number of fused-ring (bicyclic) bond motifs is 1. The van der Waals surface area contributed by atoms with Gasteiger partial charge < -0.3 is 4.74 Å². The molecule has 1 aliphatic heterocycles. The highest BCUT2D eigenvalue weighted by molar-refractivity contribution is 5.77. The normalized spacial score (nSPS) is 22.7. The predicted molar refractivity (Wildman–Crippen MR) is 70.3 cm³/mol. The summed E-state index contributed by atoms with van der Waals surface area (Å²) in [5, 5.41) is 0. The van der Waals surface area contributed by atoms with E-state index in [2.05, 4.69) is 31.2 Å². The Balaban J connectivity index is 2.02. The van der Waals surface area contributed by atoms with Crippen molar-refractivity contribution in [1.82, 2.24) is 0 Å². The molecule has 0 aromatic heterocycles. The Morgan fingerprint density at radius 2 is 2.17 bits per heavy atom. The number of carbonyl (C=O) groups is 1. The minimum absolute atomic E-state index is 0.00685. The minimum atomic E-state index is 0.00685. The zero-order valence-electron chi connectivity index (χ0n) is 10.5. The van der Waals surface area contributed by atoms with E-state index in [0.29, 0.717) is 0 Å². The van der Waals surface area contributed by atoms with Gasteiger partial charge in [0.05, 0.1) is 6.61 Å². The molecule has 0 spiro atoms. The average Bonchev–Trinajstić information content (AvgIpc) is 2.79. The highest BCUT2D eigenvalue weighted by Gasteiger charge is 2.27. The topological polar surface area (TPSA) is 26.3 Å². The van der Waals surface area contributed by atoms with Gasteiger partial charge in [0.2, 0.25) is 0 Å². The van der Waals surface area contributed by atoms with E-state index in [1.165, 1.54) is 22.3 Å². The minimum Gasteiger partial charge on any atom is -0.368 e. The molecule has 1 atom stereocenters. The second-order valence-electron chi connectivity index (χ2n) is 4.95. The molecule has 0 radical (unpaired) electrons. The summed E-state index contributed by atoms with van der Waals surface area (Å²) in [5.41, 5.74) is 5.89. The van der Waals surface area contributed by atoms with Crippen LogP contribution in [0.2, 0.25) is 0 Å². The molecule has 1 aromatic rings. The quantitative estimate of drug-likeness (QED) is 0.742. The molecule has 92 valence electrons. The van der Waals surface area contributed by atoms with Crippen molar-refractivity contribution in [1.29, 1.82) is 0 Å². The molecule has 0 amide bonds. The van der Waals surface area contributed by atoms with Crippen LogP contribution in [-0.4, -0.2) is 12.9 Å². The Hall–Kier alpha value is -1.67. The fraction of sp³-hybridized carbons (Fsp3) is 0.312. The zero-order chi connectivity index (χ0) is 12.5. The first-order valence-electron chi connectivity index (χ1n) is 6.34. The summed E-state index contributed by atoms with van der Waals surface area (Å²) < 4.78 is 5.93. The third-order valence-electron chi connectivity index (χ3n) is 3.73. The van der Waals surface area contributed by atoms with E-state index in [1.807, 2.05) is 6.08 Å². The largest absolute Gasteiger partial charge is 0.368 e. The van der Waals surface area contributed by atoms with Crippen LogP contribution in [0.5, 0.6) is 0 Å². The monoisotopic (exact) mass is 240 g/mol. The molecule has 0 saturated carbocycles. The lowest BCUT2D eigenvalue weighted by Crippen LogP contribution is -2.17. The fourth-order valence-electron chi connectivity index (χ4n) is 2.81. The average molecular weight is 240 g/mol. The van der Waals surface area contributed by atoms with Gasteiger partial charge in [0, 0.05) is 0 Å². The number of aldehydes is 1. The number of carbonyl (C=O) groups excluding carboxylic acids is 1. The van der Waals surface area contributed by atoms with E-state index in [4.69, 9.17) is 4.74 Å². The summed E-state index contributed by atoms with van der Waals surface area (Å²) in [6.45, 7) is 2.84. The fourth-order valence-corrected chi connectivity index (χ4v) is 2.81. The lowest BCUT2D eigenvalue weighted by molar-refractivity contribution is -0.104. The first kappa shape index (κ1) is 11.4. The standard InChI is InChI=1S/C16H16O2/c1-11-8-12(10-17)9-15(11)16-14-5-3-2-4-13(14)6-7-18-16/h2-5,9-10,16H,6-8H2,1H3. The Bertz CT molecular complexity index is 552. The third kappa shape index (κ3) is 1.83. The van der Waals surface area contributed by atoms with Gasteiger partial charge in [-0.1, -0.05) is 29.8 Å². The number of allylic oxidation sites excluding steroid dienone is 2. The van der Waals surface area contributed by atoms with Crippen LogP contribution in [0.25, 0.3) is 0 Å². The molecule has 2 aliphatic rings. The zero-order valence-corrected chi connectivity index (χ0v) is 10.5. The summed E-state index contributed by atoms with van der Waals surface area (Å²) in [5.74, 6) is 0. The molecule has 2 nitrogen and oxygen atoms in total. The smallest absolute Gasteiger partial charge is 0.146 e. The van der Waals surface area contributed by atoms with Crippen molar-refractivity contribution >= 4 is 6.29 Å². The number of ether oxygens (including phenoxy) is 1. The van der Waals surface area contributed by atoms with Crippen molar-refractivity contribution in [2.45, 2.75) is 25.9 Å². The van der Waals surface area contributed by atoms with E-state index in [0.717, 1.165) is 31.3 Å². The van der Waals surface area contributed by atoms with Gasteiger partial charge in [0.25, 0.3) is 0 Å². The van der Waals surface area contributed by atoms with Gasteiger partial charge in [0.15, 0.2) is 0 Å². The van der Waals surface area contributed by atoms with Crippen LogP contribution in [0.3, 0.4) is 0 Å². The molecule has 1 heterocycles. The number of benzene rings is 1. The van der Waals surface area contributed by atoms with Crippen LogP contribution in [0, 0.1) is 0 Å². The molecule has 1 unspecified atom stereocenters. The van der Waals surface area contributed by atoms with Crippen molar-refractivity contribution in [3.8, 4) is 0 Å². The van der Waals surface area contributed by atoms with Gasteiger partial charge in [-0.3, -0.25) is 4.79 Å². The lowest BCUT2D eigenvalue weighted by atomic mass is 9.92. The highest BCUT2D eigenvalue weighted by Crippen LogP contribution is 2.39. The second-order valence-corrected chi connectivity index (χ2v) is 4.95. The van der Waals surface area contributed by atoms with Gasteiger partial charge in [-0.15, -0.1) is 0 Å². The van der Waals surface area contributed by atoms with Crippen molar-refractivity contribution in [2.24, 2.45) is 0 Å². The van der Waals surface area contributed by atoms with Crippen molar-refractivity contribution in [3.63, 3.8) is 0 Å². The van der Waals surface area contributed by atoms with Crippen molar-refractivity contribution in [2.75, 3.05) is 6.61 Å². The third-order valence-corrected chi connectivity index (χ3v) is 3.73. The molecule has 0 fully saturated rings. The molecule has 0 saturated heterocycles. The Morgan fingerprint density at radius 3 is 2.94 bits per heavy atom. The molecule has 0 N–H and O–H groups in total. The molecule has 0 bridgehead atoms. The molecule has 1 aromatic carbocycles. The first-order chi connectivity index (χ1) is 8.79. The molecule has 3 rings (SSSR count). The van der Waals surface area contributed by atoms with Crippen LogP contribution in [0.15, 0.2) is 47.1 Å². The number of rotatable bonds is 2. The predicted octanol–water partition coefficient (Wildman–Crippen LogP) is 3.15. The first-order valence-corrected chi connectivity index (χ1v) is 6.34. The Labute approximate surface area is 107 Å². The van der Waals surface area contributed by atoms with E-state index < -0.39 is 0 Å². The highest BCUT2D eigenvalue weighted by atomic mass is 16.5. The van der Waals surface area contributed by atoms with Gasteiger partial charge in [-0.05, 0) is 48.1 Å². The molecule has 18 heavy (non-hydrogen) atoms. The van der Waals surface area contributed by atoms with Crippen LogP contribution < -0.4 is 0 Å². The number of hydrogen-bond donors (Lipinski definition) is 0. The molecule has 1 aliphatic carbocycles. The maximum atomic E-state index is 10.9. The molecular weight excluding hydrogens is 224 g/mol. The summed E-state index contributed by atoms with van der Waals surface area (Å²) >= 11 is 0. The van der Waals surface area contributed by atoms with E-state index in [1.54, 1.807) is 0 Å². The van der Waals surface area contributed by atoms with Gasteiger partial charge in [-0.25, -0.2) is 0 Å². The molecular formula is C16H16O2.